The molecule has 0 aliphatic heterocycles. The average Bonchev–Trinajstić information content (AvgIpc) is 2.65. The molecule has 0 aliphatic rings. The number of benzene rings is 1. The maximum absolute atomic E-state index is 12.1. The van der Waals surface area contributed by atoms with Crippen molar-refractivity contribution in [3.05, 3.63) is 66.0 Å². The largest absolute Gasteiger partial charge is 0.489 e. The third-order valence-corrected chi connectivity index (χ3v) is 3.82. The van der Waals surface area contributed by atoms with Gasteiger partial charge in [-0.15, -0.1) is 0 Å². The van der Waals surface area contributed by atoms with E-state index in [1.807, 2.05) is 43.3 Å². The van der Waals surface area contributed by atoms with Crippen LogP contribution in [0.5, 0.6) is 5.75 Å². The van der Waals surface area contributed by atoms with Gasteiger partial charge in [-0.1, -0.05) is 18.2 Å². The summed E-state index contributed by atoms with van der Waals surface area (Å²) in [6.45, 7) is 2.31. The van der Waals surface area contributed by atoms with Crippen LogP contribution in [-0.4, -0.2) is 28.9 Å². The van der Waals surface area contributed by atoms with E-state index < -0.39 is 0 Å². The van der Waals surface area contributed by atoms with Gasteiger partial charge in [0.25, 0.3) is 0 Å². The van der Waals surface area contributed by atoms with Crippen molar-refractivity contribution in [3.8, 4) is 11.8 Å². The summed E-state index contributed by atoms with van der Waals surface area (Å²) in [4.78, 5) is 17.7. The molecule has 0 spiro atoms. The number of carbonyl (C=O) groups excluding carboxylic acids is 1. The molecule has 5 nitrogen and oxygen atoms in total. The highest BCUT2D eigenvalue weighted by atomic mass is 16.5. The summed E-state index contributed by atoms with van der Waals surface area (Å²) in [6.07, 6.45) is 7.08. The van der Waals surface area contributed by atoms with Crippen LogP contribution in [0.25, 0.3) is 6.08 Å². The maximum Gasteiger partial charge on any atom is 0.246 e. The molecule has 1 unspecified atom stereocenters. The van der Waals surface area contributed by atoms with Gasteiger partial charge >= 0.3 is 0 Å². The molecule has 0 saturated carbocycles. The number of likely N-dealkylation sites (N-methyl/N-ethyl adjacent to an activating group) is 1. The van der Waals surface area contributed by atoms with Gasteiger partial charge in [-0.25, -0.2) is 0 Å². The highest BCUT2D eigenvalue weighted by molar-refractivity contribution is 5.91. The zero-order valence-electron chi connectivity index (χ0n) is 14.4. The predicted molar refractivity (Wildman–Crippen MR) is 96.5 cm³/mol. The van der Waals surface area contributed by atoms with E-state index in [1.165, 1.54) is 6.08 Å². The fourth-order valence-corrected chi connectivity index (χ4v) is 2.10. The zero-order chi connectivity index (χ0) is 18.1. The molecule has 5 heteroatoms. The molecule has 128 valence electrons. The first-order valence-electron chi connectivity index (χ1n) is 8.03. The van der Waals surface area contributed by atoms with Gasteiger partial charge in [-0.05, 0) is 36.8 Å². The highest BCUT2D eigenvalue weighted by Crippen LogP contribution is 2.15. The molecule has 2 rings (SSSR count). The lowest BCUT2D eigenvalue weighted by molar-refractivity contribution is -0.126. The molecule has 0 saturated heterocycles. The Morgan fingerprint density at radius 2 is 2.12 bits per heavy atom. The summed E-state index contributed by atoms with van der Waals surface area (Å²) in [6, 6.07) is 13.3. The topological polar surface area (TPSA) is 66.2 Å². The molecule has 0 radical (unpaired) electrons. The molecule has 1 amide bonds. The van der Waals surface area contributed by atoms with Gasteiger partial charge < -0.3 is 9.64 Å². The summed E-state index contributed by atoms with van der Waals surface area (Å²) in [5, 5.41) is 8.70. The first kappa shape index (κ1) is 18.2. The van der Waals surface area contributed by atoms with Crippen molar-refractivity contribution in [1.82, 2.24) is 9.88 Å². The summed E-state index contributed by atoms with van der Waals surface area (Å²) in [5.41, 5.74) is 1.91. The Labute approximate surface area is 148 Å². The Balaban J connectivity index is 1.89. The number of ether oxygens (including phenoxy) is 1. The molecular formula is C20H21N3O2. The Morgan fingerprint density at radius 3 is 2.76 bits per heavy atom. The lowest BCUT2D eigenvalue weighted by Gasteiger charge is -2.21. The Hall–Kier alpha value is -3.13. The molecule has 25 heavy (non-hydrogen) atoms. The number of hydrogen-bond acceptors (Lipinski definition) is 4. The van der Waals surface area contributed by atoms with Gasteiger partial charge in [-0.3, -0.25) is 9.78 Å². The Bertz CT molecular complexity index is 749. The first-order chi connectivity index (χ1) is 12.1. The second kappa shape index (κ2) is 9.24. The third kappa shape index (κ3) is 5.78. The molecule has 2 aromatic rings. The highest BCUT2D eigenvalue weighted by Gasteiger charge is 2.12. The van der Waals surface area contributed by atoms with E-state index in [0.29, 0.717) is 13.0 Å². The van der Waals surface area contributed by atoms with Crippen molar-refractivity contribution in [2.45, 2.75) is 26.0 Å². The van der Waals surface area contributed by atoms with Crippen LogP contribution >= 0.6 is 0 Å². The average molecular weight is 335 g/mol. The Kier molecular flexibility index (Phi) is 6.73. The van der Waals surface area contributed by atoms with Crippen LogP contribution in [0, 0.1) is 11.3 Å². The summed E-state index contributed by atoms with van der Waals surface area (Å²) >= 11 is 0. The van der Waals surface area contributed by atoms with Gasteiger partial charge in [0.1, 0.15) is 12.4 Å². The molecule has 1 atom stereocenters. The van der Waals surface area contributed by atoms with Crippen LogP contribution in [0.1, 0.15) is 24.5 Å². The van der Waals surface area contributed by atoms with Crippen LogP contribution in [0.3, 0.4) is 0 Å². The molecule has 0 aliphatic carbocycles. The molecule has 1 aromatic heterocycles. The third-order valence-electron chi connectivity index (χ3n) is 3.82. The predicted octanol–water partition coefficient (Wildman–Crippen LogP) is 3.43. The number of pyridine rings is 1. The number of carbonyl (C=O) groups is 1. The lowest BCUT2D eigenvalue weighted by Crippen LogP contribution is -2.33. The van der Waals surface area contributed by atoms with Crippen molar-refractivity contribution in [1.29, 1.82) is 5.26 Å². The van der Waals surface area contributed by atoms with E-state index in [9.17, 15) is 4.79 Å². The minimum absolute atomic E-state index is 0.106. The van der Waals surface area contributed by atoms with E-state index in [2.05, 4.69) is 11.1 Å². The zero-order valence-corrected chi connectivity index (χ0v) is 14.4. The molecule has 0 N–H and O–H groups in total. The van der Waals surface area contributed by atoms with Gasteiger partial charge in [-0.2, -0.15) is 5.26 Å². The van der Waals surface area contributed by atoms with Crippen molar-refractivity contribution < 1.29 is 9.53 Å². The molecule has 0 bridgehead atoms. The maximum atomic E-state index is 12.1. The smallest absolute Gasteiger partial charge is 0.246 e. The summed E-state index contributed by atoms with van der Waals surface area (Å²) in [7, 11) is 1.70. The normalized spacial score (nSPS) is 11.7. The standard InChI is InChI=1S/C20H21N3O2/c1-16(11-12-21)23(2)20(24)10-7-17-5-8-19(9-6-17)25-15-18-4-3-13-22-14-18/h3-10,13-14,16H,11,15H2,1-2H3/b10-7+. The van der Waals surface area contributed by atoms with E-state index in [-0.39, 0.29) is 11.9 Å². The van der Waals surface area contributed by atoms with Crippen LogP contribution < -0.4 is 4.74 Å². The van der Waals surface area contributed by atoms with Crippen LogP contribution in [0.4, 0.5) is 0 Å². The quantitative estimate of drug-likeness (QED) is 0.727. The monoisotopic (exact) mass is 335 g/mol. The second-order valence-electron chi connectivity index (χ2n) is 5.71. The van der Waals surface area contributed by atoms with Gasteiger partial charge in [0, 0.05) is 37.1 Å². The minimum atomic E-state index is -0.125. The number of nitrogens with zero attached hydrogens (tertiary/aromatic N) is 3. The number of nitriles is 1. The molecular weight excluding hydrogens is 314 g/mol. The SMILES string of the molecule is CC(CC#N)N(C)C(=O)/C=C/c1ccc(OCc2cccnc2)cc1. The van der Waals surface area contributed by atoms with E-state index in [4.69, 9.17) is 10.00 Å². The molecule has 1 heterocycles. The Morgan fingerprint density at radius 1 is 1.36 bits per heavy atom. The van der Waals surface area contributed by atoms with Gasteiger partial charge in [0.05, 0.1) is 12.5 Å². The molecule has 0 fully saturated rings. The lowest BCUT2D eigenvalue weighted by atomic mass is 10.2. The van der Waals surface area contributed by atoms with Gasteiger partial charge in [0.15, 0.2) is 0 Å². The fourth-order valence-electron chi connectivity index (χ4n) is 2.10. The number of rotatable bonds is 7. The number of hydrogen-bond donors (Lipinski definition) is 0. The number of aromatic nitrogens is 1. The fraction of sp³-hybridized carbons (Fsp3) is 0.250. The minimum Gasteiger partial charge on any atom is -0.489 e. The summed E-state index contributed by atoms with van der Waals surface area (Å²) < 4.78 is 5.70. The van der Waals surface area contributed by atoms with Crippen LogP contribution in [-0.2, 0) is 11.4 Å². The van der Waals surface area contributed by atoms with Crippen LogP contribution in [0.2, 0.25) is 0 Å². The van der Waals surface area contributed by atoms with Crippen molar-refractivity contribution in [3.63, 3.8) is 0 Å². The van der Waals surface area contributed by atoms with E-state index in [1.54, 1.807) is 30.4 Å². The van der Waals surface area contributed by atoms with E-state index >= 15 is 0 Å². The van der Waals surface area contributed by atoms with Crippen LogP contribution in [0.15, 0.2) is 54.9 Å². The van der Waals surface area contributed by atoms with E-state index in [0.717, 1.165) is 16.9 Å². The van der Waals surface area contributed by atoms with Gasteiger partial charge in [0.2, 0.25) is 5.91 Å². The van der Waals surface area contributed by atoms with Crippen molar-refractivity contribution in [2.24, 2.45) is 0 Å². The molecule has 1 aromatic carbocycles. The summed E-state index contributed by atoms with van der Waals surface area (Å²) in [5.74, 6) is 0.631. The van der Waals surface area contributed by atoms with Crippen molar-refractivity contribution in [2.75, 3.05) is 7.05 Å². The second-order valence-corrected chi connectivity index (χ2v) is 5.71. The van der Waals surface area contributed by atoms with Crippen molar-refractivity contribution >= 4 is 12.0 Å². The first-order valence-corrected chi connectivity index (χ1v) is 8.03. The number of amides is 1.